The van der Waals surface area contributed by atoms with Crippen LogP contribution in [-0.2, 0) is 0 Å². The summed E-state index contributed by atoms with van der Waals surface area (Å²) in [7, 11) is 0. The standard InChI is InChI=1S/C17H16Cl2F2N2O2/c1-9-4-3-5-14(25-16(20)21)15(9)23-17(24)22-10(2)11-6-7-12(18)13(19)8-11/h3-8,10,16H,1-2H3,(H2,22,23,24). The number of hydrogen-bond donors (Lipinski definition) is 2. The van der Waals surface area contributed by atoms with Crippen molar-refractivity contribution in [1.29, 1.82) is 0 Å². The van der Waals surface area contributed by atoms with E-state index in [-0.39, 0.29) is 17.5 Å². The van der Waals surface area contributed by atoms with Crippen LogP contribution in [-0.4, -0.2) is 12.6 Å². The molecule has 2 amide bonds. The van der Waals surface area contributed by atoms with Crippen molar-refractivity contribution in [2.75, 3.05) is 5.32 Å². The van der Waals surface area contributed by atoms with Gasteiger partial charge in [-0.3, -0.25) is 0 Å². The van der Waals surface area contributed by atoms with Gasteiger partial charge < -0.3 is 15.4 Å². The van der Waals surface area contributed by atoms with Gasteiger partial charge in [0.1, 0.15) is 5.75 Å². The molecule has 0 bridgehead atoms. The number of hydrogen-bond acceptors (Lipinski definition) is 2. The zero-order chi connectivity index (χ0) is 18.6. The van der Waals surface area contributed by atoms with E-state index in [1.807, 2.05) is 0 Å². The largest absolute Gasteiger partial charge is 0.433 e. The average Bonchev–Trinajstić information content (AvgIpc) is 2.52. The zero-order valence-corrected chi connectivity index (χ0v) is 15.0. The van der Waals surface area contributed by atoms with Gasteiger partial charge in [0.2, 0.25) is 0 Å². The summed E-state index contributed by atoms with van der Waals surface area (Å²) in [6.07, 6.45) is 0. The molecule has 1 unspecified atom stereocenters. The number of alkyl halides is 2. The summed E-state index contributed by atoms with van der Waals surface area (Å²) >= 11 is 11.8. The first kappa shape index (κ1) is 19.3. The average molecular weight is 389 g/mol. The van der Waals surface area contributed by atoms with Crippen LogP contribution in [0.4, 0.5) is 19.3 Å². The lowest BCUT2D eigenvalue weighted by atomic mass is 10.1. The number of aryl methyl sites for hydroxylation is 1. The summed E-state index contributed by atoms with van der Waals surface area (Å²) in [6, 6.07) is 8.67. The quantitative estimate of drug-likeness (QED) is 0.681. The number of ether oxygens (including phenoxy) is 1. The van der Waals surface area contributed by atoms with Crippen molar-refractivity contribution in [1.82, 2.24) is 5.32 Å². The van der Waals surface area contributed by atoms with Crippen LogP contribution < -0.4 is 15.4 Å². The molecule has 0 aromatic heterocycles. The monoisotopic (exact) mass is 388 g/mol. The van der Waals surface area contributed by atoms with E-state index in [1.54, 1.807) is 44.2 Å². The molecule has 25 heavy (non-hydrogen) atoms. The van der Waals surface area contributed by atoms with Gasteiger partial charge >= 0.3 is 12.6 Å². The third-order valence-electron chi connectivity index (χ3n) is 3.48. The molecule has 8 heteroatoms. The molecule has 0 radical (unpaired) electrons. The highest BCUT2D eigenvalue weighted by Crippen LogP contribution is 2.30. The van der Waals surface area contributed by atoms with E-state index < -0.39 is 12.6 Å². The maximum absolute atomic E-state index is 12.5. The Morgan fingerprint density at radius 1 is 1.16 bits per heavy atom. The smallest absolute Gasteiger partial charge is 0.387 e. The van der Waals surface area contributed by atoms with E-state index in [0.29, 0.717) is 15.6 Å². The number of para-hydroxylation sites is 1. The topological polar surface area (TPSA) is 50.4 Å². The minimum atomic E-state index is -2.99. The number of amides is 2. The molecule has 0 spiro atoms. The molecule has 0 aliphatic carbocycles. The van der Waals surface area contributed by atoms with E-state index in [0.717, 1.165) is 5.56 Å². The van der Waals surface area contributed by atoms with Crippen LogP contribution in [0.25, 0.3) is 0 Å². The fourth-order valence-corrected chi connectivity index (χ4v) is 2.51. The fourth-order valence-electron chi connectivity index (χ4n) is 2.21. The van der Waals surface area contributed by atoms with Gasteiger partial charge in [0.25, 0.3) is 0 Å². The van der Waals surface area contributed by atoms with Gasteiger partial charge in [-0.2, -0.15) is 8.78 Å². The van der Waals surface area contributed by atoms with Crippen molar-refractivity contribution in [2.45, 2.75) is 26.5 Å². The highest BCUT2D eigenvalue weighted by Gasteiger charge is 2.16. The van der Waals surface area contributed by atoms with Crippen LogP contribution in [0.3, 0.4) is 0 Å². The van der Waals surface area contributed by atoms with E-state index >= 15 is 0 Å². The summed E-state index contributed by atoms with van der Waals surface area (Å²) in [4.78, 5) is 12.2. The Balaban J connectivity index is 2.10. The molecule has 0 aliphatic heterocycles. The van der Waals surface area contributed by atoms with Crippen LogP contribution in [0.1, 0.15) is 24.1 Å². The Bertz CT molecular complexity index is 772. The van der Waals surface area contributed by atoms with Crippen LogP contribution in [0, 0.1) is 6.92 Å². The van der Waals surface area contributed by atoms with Gasteiger partial charge in [-0.15, -0.1) is 0 Å². The molecule has 1 atom stereocenters. The molecule has 0 saturated heterocycles. The zero-order valence-electron chi connectivity index (χ0n) is 13.4. The summed E-state index contributed by atoms with van der Waals surface area (Å²) in [5.74, 6) is -0.104. The van der Waals surface area contributed by atoms with Crippen molar-refractivity contribution in [3.63, 3.8) is 0 Å². The minimum absolute atomic E-state index is 0.104. The molecule has 0 aliphatic rings. The third-order valence-corrected chi connectivity index (χ3v) is 4.22. The molecule has 4 nitrogen and oxygen atoms in total. The number of rotatable bonds is 5. The highest BCUT2D eigenvalue weighted by molar-refractivity contribution is 6.42. The fraction of sp³-hybridized carbons (Fsp3) is 0.235. The minimum Gasteiger partial charge on any atom is -0.433 e. The maximum Gasteiger partial charge on any atom is 0.387 e. The lowest BCUT2D eigenvalue weighted by Crippen LogP contribution is -2.31. The second-order valence-electron chi connectivity index (χ2n) is 5.32. The number of nitrogens with one attached hydrogen (secondary N) is 2. The number of benzene rings is 2. The molecule has 0 fully saturated rings. The number of carbonyl (C=O) groups excluding carboxylic acids is 1. The Kier molecular flexibility index (Phi) is 6.45. The Morgan fingerprint density at radius 3 is 2.52 bits per heavy atom. The lowest BCUT2D eigenvalue weighted by Gasteiger charge is -2.18. The summed E-state index contributed by atoms with van der Waals surface area (Å²) in [5, 5.41) is 6.04. The highest BCUT2D eigenvalue weighted by atomic mass is 35.5. The molecular formula is C17H16Cl2F2N2O2. The Morgan fingerprint density at radius 2 is 1.88 bits per heavy atom. The van der Waals surface area contributed by atoms with Crippen molar-refractivity contribution in [3.8, 4) is 5.75 Å². The van der Waals surface area contributed by atoms with Crippen molar-refractivity contribution in [3.05, 3.63) is 57.6 Å². The van der Waals surface area contributed by atoms with E-state index in [9.17, 15) is 13.6 Å². The molecule has 0 saturated carbocycles. The predicted molar refractivity (Wildman–Crippen MR) is 94.8 cm³/mol. The molecule has 2 N–H and O–H groups in total. The van der Waals surface area contributed by atoms with Crippen molar-refractivity contribution < 1.29 is 18.3 Å². The van der Waals surface area contributed by atoms with Crippen molar-refractivity contribution >= 4 is 34.9 Å². The molecule has 134 valence electrons. The van der Waals surface area contributed by atoms with E-state index in [4.69, 9.17) is 23.2 Å². The third kappa shape index (κ3) is 5.21. The van der Waals surface area contributed by atoms with E-state index in [2.05, 4.69) is 15.4 Å². The van der Waals surface area contributed by atoms with Gasteiger partial charge in [-0.05, 0) is 43.2 Å². The van der Waals surface area contributed by atoms with Gasteiger partial charge in [-0.25, -0.2) is 4.79 Å². The van der Waals surface area contributed by atoms with Crippen LogP contribution in [0.2, 0.25) is 10.0 Å². The molecule has 2 rings (SSSR count). The SMILES string of the molecule is Cc1cccc(OC(F)F)c1NC(=O)NC(C)c1ccc(Cl)c(Cl)c1. The lowest BCUT2D eigenvalue weighted by molar-refractivity contribution is -0.0493. The predicted octanol–water partition coefficient (Wildman–Crippen LogP) is 5.79. The van der Waals surface area contributed by atoms with Crippen LogP contribution in [0.15, 0.2) is 36.4 Å². The first-order chi connectivity index (χ1) is 11.8. The number of halogens is 4. The summed E-state index contributed by atoms with van der Waals surface area (Å²) in [6.45, 7) is 0.449. The number of carbonyl (C=O) groups is 1. The van der Waals surface area contributed by atoms with Gasteiger partial charge in [0.15, 0.2) is 0 Å². The second kappa shape index (κ2) is 8.36. The Labute approximate surface area is 154 Å². The van der Waals surface area contributed by atoms with Gasteiger partial charge in [-0.1, -0.05) is 41.4 Å². The molecule has 2 aromatic rings. The molecule has 2 aromatic carbocycles. The van der Waals surface area contributed by atoms with Crippen LogP contribution >= 0.6 is 23.2 Å². The molecular weight excluding hydrogens is 373 g/mol. The van der Waals surface area contributed by atoms with Crippen molar-refractivity contribution in [2.24, 2.45) is 0 Å². The summed E-state index contributed by atoms with van der Waals surface area (Å²) in [5.41, 5.74) is 1.52. The van der Waals surface area contributed by atoms with Gasteiger partial charge in [0.05, 0.1) is 21.8 Å². The molecule has 0 heterocycles. The normalized spacial score (nSPS) is 12.0. The first-order valence-electron chi connectivity index (χ1n) is 7.35. The number of anilines is 1. The first-order valence-corrected chi connectivity index (χ1v) is 8.10. The van der Waals surface area contributed by atoms with Gasteiger partial charge in [0, 0.05) is 0 Å². The maximum atomic E-state index is 12.5. The van der Waals surface area contributed by atoms with E-state index in [1.165, 1.54) is 6.07 Å². The Hall–Kier alpha value is -2.05. The number of urea groups is 1. The second-order valence-corrected chi connectivity index (χ2v) is 6.13. The van der Waals surface area contributed by atoms with Crippen LogP contribution in [0.5, 0.6) is 5.75 Å². The summed E-state index contributed by atoms with van der Waals surface area (Å²) < 4.78 is 29.4.